The van der Waals surface area contributed by atoms with Crippen LogP contribution in [0.1, 0.15) is 23.7 Å². The quantitative estimate of drug-likeness (QED) is 0.559. The van der Waals surface area contributed by atoms with Crippen molar-refractivity contribution in [3.05, 3.63) is 46.5 Å². The molecule has 0 aliphatic carbocycles. The molecule has 0 aliphatic heterocycles. The number of rotatable bonds is 8. The van der Waals surface area contributed by atoms with E-state index >= 15 is 0 Å². The van der Waals surface area contributed by atoms with E-state index in [-0.39, 0.29) is 6.04 Å². The molecule has 0 spiro atoms. The van der Waals surface area contributed by atoms with Crippen molar-refractivity contribution in [2.75, 3.05) is 13.7 Å². The molecule has 0 radical (unpaired) electrons. The van der Waals surface area contributed by atoms with E-state index in [1.54, 1.807) is 25.7 Å². The molecule has 2 aromatic heterocycles. The Bertz CT molecular complexity index is 546. The third-order valence-electron chi connectivity index (χ3n) is 3.34. The van der Waals surface area contributed by atoms with Crippen LogP contribution in [0.3, 0.4) is 0 Å². The summed E-state index contributed by atoms with van der Waals surface area (Å²) in [6.07, 6.45) is 7.19. The van der Waals surface area contributed by atoms with Gasteiger partial charge in [-0.25, -0.2) is 0 Å². The molecule has 3 N–H and O–H groups in total. The van der Waals surface area contributed by atoms with E-state index in [9.17, 15) is 0 Å². The number of hydrogen-bond donors (Lipinski definition) is 2. The highest BCUT2D eigenvalue weighted by Gasteiger charge is 2.19. The second-order valence-electron chi connectivity index (χ2n) is 4.71. The fourth-order valence-corrected chi connectivity index (χ4v) is 2.81. The lowest BCUT2D eigenvalue weighted by Gasteiger charge is -2.18. The molecule has 6 nitrogen and oxygen atoms in total. The molecular formula is C14H20BrN5O. The molecule has 1 atom stereocenters. The van der Waals surface area contributed by atoms with Crippen molar-refractivity contribution >= 4 is 15.9 Å². The van der Waals surface area contributed by atoms with Gasteiger partial charge in [-0.2, -0.15) is 5.10 Å². The third-order valence-corrected chi connectivity index (χ3v) is 3.95. The van der Waals surface area contributed by atoms with Gasteiger partial charge in [0.25, 0.3) is 0 Å². The standard InChI is InChI=1S/C14H20BrN5O/c1-21-9-8-20-14(12(15)10-18-20)13(19-16)3-2-11-4-6-17-7-5-11/h4-7,10,13,19H,2-3,8-9,16H2,1H3. The summed E-state index contributed by atoms with van der Waals surface area (Å²) in [5.74, 6) is 5.74. The Morgan fingerprint density at radius 1 is 1.43 bits per heavy atom. The van der Waals surface area contributed by atoms with Crippen LogP contribution >= 0.6 is 15.9 Å². The summed E-state index contributed by atoms with van der Waals surface area (Å²) in [5, 5.41) is 4.36. The fraction of sp³-hybridized carbons (Fsp3) is 0.429. The molecule has 0 fully saturated rings. The van der Waals surface area contributed by atoms with Crippen LogP contribution in [0.15, 0.2) is 35.2 Å². The summed E-state index contributed by atoms with van der Waals surface area (Å²) in [5.41, 5.74) is 5.17. The van der Waals surface area contributed by atoms with Crippen LogP contribution in [-0.2, 0) is 17.7 Å². The second-order valence-corrected chi connectivity index (χ2v) is 5.56. The number of nitrogens with zero attached hydrogens (tertiary/aromatic N) is 3. The maximum absolute atomic E-state index is 5.74. The summed E-state index contributed by atoms with van der Waals surface area (Å²) >= 11 is 3.55. The average Bonchev–Trinajstić information content (AvgIpc) is 2.88. The van der Waals surface area contributed by atoms with Crippen LogP contribution in [0.5, 0.6) is 0 Å². The smallest absolute Gasteiger partial charge is 0.0710 e. The Kier molecular flexibility index (Phi) is 6.31. The number of nitrogens with one attached hydrogen (secondary N) is 1. The molecule has 0 aliphatic rings. The van der Waals surface area contributed by atoms with Gasteiger partial charge in [-0.05, 0) is 46.5 Å². The zero-order chi connectivity index (χ0) is 15.1. The lowest BCUT2D eigenvalue weighted by Crippen LogP contribution is -2.31. The molecule has 2 heterocycles. The summed E-state index contributed by atoms with van der Waals surface area (Å²) < 4.78 is 7.99. The first-order chi connectivity index (χ1) is 10.3. The maximum atomic E-state index is 5.74. The number of aryl methyl sites for hydroxylation is 1. The SMILES string of the molecule is COCCn1ncc(Br)c1C(CCc1ccncc1)NN. The molecule has 7 heteroatoms. The van der Waals surface area contributed by atoms with E-state index in [1.807, 2.05) is 16.8 Å². The number of hydrazine groups is 1. The zero-order valence-electron chi connectivity index (χ0n) is 12.0. The van der Waals surface area contributed by atoms with E-state index in [2.05, 4.69) is 31.4 Å². The molecule has 2 rings (SSSR count). The first kappa shape index (κ1) is 16.1. The summed E-state index contributed by atoms with van der Waals surface area (Å²) in [7, 11) is 1.68. The van der Waals surface area contributed by atoms with Gasteiger partial charge < -0.3 is 4.74 Å². The van der Waals surface area contributed by atoms with Gasteiger partial charge in [-0.1, -0.05) is 0 Å². The number of halogens is 1. The van der Waals surface area contributed by atoms with E-state index in [1.165, 1.54) is 5.56 Å². The number of hydrogen-bond acceptors (Lipinski definition) is 5. The topological polar surface area (TPSA) is 78.0 Å². The van der Waals surface area contributed by atoms with Crippen molar-refractivity contribution in [2.45, 2.75) is 25.4 Å². The largest absolute Gasteiger partial charge is 0.383 e. The fourth-order valence-electron chi connectivity index (χ4n) is 2.23. The maximum Gasteiger partial charge on any atom is 0.0710 e. The summed E-state index contributed by atoms with van der Waals surface area (Å²) in [6.45, 7) is 1.31. The Labute approximate surface area is 132 Å². The molecule has 21 heavy (non-hydrogen) atoms. The highest BCUT2D eigenvalue weighted by atomic mass is 79.9. The molecule has 0 aromatic carbocycles. The van der Waals surface area contributed by atoms with Crippen LogP contribution in [0.2, 0.25) is 0 Å². The van der Waals surface area contributed by atoms with Crippen molar-refractivity contribution in [3.8, 4) is 0 Å². The van der Waals surface area contributed by atoms with Crippen LogP contribution in [-0.4, -0.2) is 28.5 Å². The highest BCUT2D eigenvalue weighted by Crippen LogP contribution is 2.26. The van der Waals surface area contributed by atoms with Gasteiger partial charge in [0.15, 0.2) is 0 Å². The van der Waals surface area contributed by atoms with Crippen molar-refractivity contribution in [1.29, 1.82) is 0 Å². The van der Waals surface area contributed by atoms with Gasteiger partial charge >= 0.3 is 0 Å². The van der Waals surface area contributed by atoms with Gasteiger partial charge in [-0.15, -0.1) is 0 Å². The Morgan fingerprint density at radius 3 is 2.86 bits per heavy atom. The minimum atomic E-state index is 0.0203. The first-order valence-electron chi connectivity index (χ1n) is 6.81. The third kappa shape index (κ3) is 4.34. The molecule has 0 bridgehead atoms. The van der Waals surface area contributed by atoms with Gasteiger partial charge in [0.2, 0.25) is 0 Å². The number of aromatic nitrogens is 3. The molecular weight excluding hydrogens is 334 g/mol. The van der Waals surface area contributed by atoms with E-state index in [0.717, 1.165) is 23.0 Å². The van der Waals surface area contributed by atoms with Gasteiger partial charge in [-0.3, -0.25) is 20.9 Å². The molecule has 0 saturated carbocycles. The first-order valence-corrected chi connectivity index (χ1v) is 7.60. The van der Waals surface area contributed by atoms with Crippen molar-refractivity contribution < 1.29 is 4.74 Å². The molecule has 114 valence electrons. The van der Waals surface area contributed by atoms with E-state index in [0.29, 0.717) is 13.2 Å². The molecule has 0 amide bonds. The second kappa shape index (κ2) is 8.23. The average molecular weight is 354 g/mol. The Balaban J connectivity index is 2.08. The minimum absolute atomic E-state index is 0.0203. The summed E-state index contributed by atoms with van der Waals surface area (Å²) in [6, 6.07) is 4.06. The lowest BCUT2D eigenvalue weighted by atomic mass is 10.0. The van der Waals surface area contributed by atoms with Gasteiger partial charge in [0, 0.05) is 19.5 Å². The number of ether oxygens (including phenoxy) is 1. The number of nitrogens with two attached hydrogens (primary N) is 1. The predicted octanol–water partition coefficient (Wildman–Crippen LogP) is 1.82. The van der Waals surface area contributed by atoms with Crippen molar-refractivity contribution in [2.24, 2.45) is 5.84 Å². The highest BCUT2D eigenvalue weighted by molar-refractivity contribution is 9.10. The molecule has 2 aromatic rings. The Hall–Kier alpha value is -1.28. The monoisotopic (exact) mass is 353 g/mol. The van der Waals surface area contributed by atoms with E-state index in [4.69, 9.17) is 10.6 Å². The van der Waals surface area contributed by atoms with Crippen LogP contribution in [0, 0.1) is 0 Å². The van der Waals surface area contributed by atoms with Crippen LogP contribution in [0.4, 0.5) is 0 Å². The van der Waals surface area contributed by atoms with Gasteiger partial charge in [0.1, 0.15) is 0 Å². The molecule has 0 saturated heterocycles. The van der Waals surface area contributed by atoms with Gasteiger partial charge in [0.05, 0.1) is 35.6 Å². The van der Waals surface area contributed by atoms with Crippen LogP contribution < -0.4 is 11.3 Å². The predicted molar refractivity (Wildman–Crippen MR) is 84.4 cm³/mol. The van der Waals surface area contributed by atoms with Crippen LogP contribution in [0.25, 0.3) is 0 Å². The lowest BCUT2D eigenvalue weighted by molar-refractivity contribution is 0.181. The minimum Gasteiger partial charge on any atom is -0.383 e. The van der Waals surface area contributed by atoms with Crippen molar-refractivity contribution in [3.63, 3.8) is 0 Å². The number of methoxy groups -OCH3 is 1. The Morgan fingerprint density at radius 2 is 2.19 bits per heavy atom. The summed E-state index contributed by atoms with van der Waals surface area (Å²) in [4.78, 5) is 4.03. The zero-order valence-corrected chi connectivity index (χ0v) is 13.6. The van der Waals surface area contributed by atoms with E-state index < -0.39 is 0 Å². The van der Waals surface area contributed by atoms with Crippen molar-refractivity contribution in [1.82, 2.24) is 20.2 Å². The molecule has 1 unspecified atom stereocenters. The number of pyridine rings is 1. The normalized spacial score (nSPS) is 12.5.